The van der Waals surface area contributed by atoms with Crippen molar-refractivity contribution in [1.82, 2.24) is 15.0 Å². The van der Waals surface area contributed by atoms with Crippen LogP contribution < -0.4 is 20.0 Å². The van der Waals surface area contributed by atoms with Gasteiger partial charge in [0.15, 0.2) is 5.82 Å². The number of nitrogens with one attached hydrogen (secondary N) is 1. The number of fused-ring (bicyclic) bond motifs is 2. The minimum absolute atomic E-state index is 0.0404. The minimum Gasteiger partial charge on any atom is -0.368 e. The van der Waals surface area contributed by atoms with Gasteiger partial charge >= 0.3 is 12.2 Å². The highest BCUT2D eigenvalue weighted by atomic mass is 19.4. The van der Waals surface area contributed by atoms with Crippen LogP contribution in [0, 0.1) is 5.92 Å². The topological polar surface area (TPSA) is 77.5 Å². The van der Waals surface area contributed by atoms with Crippen molar-refractivity contribution in [3.05, 3.63) is 30.7 Å². The Morgan fingerprint density at radius 2 is 1.88 bits per heavy atom. The van der Waals surface area contributed by atoms with E-state index in [1.807, 2.05) is 6.07 Å². The van der Waals surface area contributed by atoms with Crippen molar-refractivity contribution >= 4 is 29.2 Å². The van der Waals surface area contributed by atoms with Crippen LogP contribution in [-0.2, 0) is 0 Å². The molecule has 2 bridgehead atoms. The monoisotopic (exact) mass is 447 g/mol. The first-order chi connectivity index (χ1) is 15.4. The molecule has 1 atom stereocenters. The lowest BCUT2D eigenvalue weighted by molar-refractivity contribution is -0.176. The zero-order chi connectivity index (χ0) is 22.3. The third kappa shape index (κ3) is 3.91. The van der Waals surface area contributed by atoms with Crippen molar-refractivity contribution in [2.45, 2.75) is 37.9 Å². The van der Waals surface area contributed by atoms with E-state index in [9.17, 15) is 18.0 Å². The number of aromatic nitrogens is 3. The quantitative estimate of drug-likeness (QED) is 0.757. The molecule has 1 unspecified atom stereocenters. The van der Waals surface area contributed by atoms with Gasteiger partial charge in [0.05, 0.1) is 11.6 Å². The maximum atomic E-state index is 13.3. The van der Waals surface area contributed by atoms with Crippen LogP contribution in [0.15, 0.2) is 30.7 Å². The summed E-state index contributed by atoms with van der Waals surface area (Å²) >= 11 is 0. The SMILES string of the molecule is O=C(Nc1ccncn1)N1c2nc(N3CCCC(C(F)(F)F)C3)ccc2N2CCC1CC2. The zero-order valence-corrected chi connectivity index (χ0v) is 17.4. The molecule has 8 nitrogen and oxygen atoms in total. The highest BCUT2D eigenvalue weighted by molar-refractivity contribution is 6.03. The summed E-state index contributed by atoms with van der Waals surface area (Å²) in [5.74, 6) is -0.0250. The van der Waals surface area contributed by atoms with Gasteiger partial charge in [-0.25, -0.2) is 19.7 Å². The van der Waals surface area contributed by atoms with E-state index < -0.39 is 12.1 Å². The minimum atomic E-state index is -4.22. The number of hydrogen-bond donors (Lipinski definition) is 1. The van der Waals surface area contributed by atoms with Crippen LogP contribution >= 0.6 is 0 Å². The van der Waals surface area contributed by atoms with Crippen LogP contribution in [0.1, 0.15) is 25.7 Å². The molecule has 0 spiro atoms. The smallest absolute Gasteiger partial charge is 0.368 e. The fraction of sp³-hybridized carbons (Fsp3) is 0.524. The fourth-order valence-electron chi connectivity index (χ4n) is 4.82. The highest BCUT2D eigenvalue weighted by Gasteiger charge is 2.43. The van der Waals surface area contributed by atoms with Crippen LogP contribution in [0.4, 0.5) is 41.1 Å². The van der Waals surface area contributed by atoms with E-state index in [2.05, 4.69) is 20.2 Å². The summed E-state index contributed by atoms with van der Waals surface area (Å²) < 4.78 is 40.0. The Morgan fingerprint density at radius 1 is 1.06 bits per heavy atom. The summed E-state index contributed by atoms with van der Waals surface area (Å²) in [6.07, 6.45) is 0.848. The Hall–Kier alpha value is -3.11. The molecule has 6 rings (SSSR count). The maximum absolute atomic E-state index is 13.3. The standard InChI is InChI=1S/C21H24F3N7O/c22-21(23,24)14-2-1-9-30(12-14)18-4-3-16-19(28-18)31(15-6-10-29(16)11-7-15)20(32)27-17-5-8-25-13-26-17/h3-5,8,13-15H,1-2,6-7,9-12H2,(H,25,26,27,32). The van der Waals surface area contributed by atoms with Crippen LogP contribution in [0.25, 0.3) is 0 Å². The Bertz CT molecular complexity index is 979. The summed E-state index contributed by atoms with van der Waals surface area (Å²) in [7, 11) is 0. The Labute approximate surface area is 183 Å². The number of urea groups is 1. The van der Waals surface area contributed by atoms with Gasteiger partial charge in [-0.15, -0.1) is 0 Å². The van der Waals surface area contributed by atoms with Gasteiger partial charge < -0.3 is 9.80 Å². The first-order valence-electron chi connectivity index (χ1n) is 10.8. The van der Waals surface area contributed by atoms with Crippen molar-refractivity contribution in [3.8, 4) is 0 Å². The molecule has 0 saturated carbocycles. The molecule has 6 heterocycles. The normalized spacial score (nSPS) is 21.3. The van der Waals surface area contributed by atoms with Crippen molar-refractivity contribution in [1.29, 1.82) is 0 Å². The molecular formula is C21H24F3N7O. The second kappa shape index (κ2) is 8.10. The lowest BCUT2D eigenvalue weighted by Crippen LogP contribution is -2.46. The van der Waals surface area contributed by atoms with Gasteiger partial charge in [0, 0.05) is 38.4 Å². The second-order valence-corrected chi connectivity index (χ2v) is 8.45. The van der Waals surface area contributed by atoms with Crippen LogP contribution in [-0.4, -0.2) is 59.4 Å². The number of halogens is 3. The number of alkyl halides is 3. The number of nitrogens with zero attached hydrogens (tertiary/aromatic N) is 6. The molecule has 170 valence electrons. The summed E-state index contributed by atoms with van der Waals surface area (Å²) in [5.41, 5.74) is 0.830. The van der Waals surface area contributed by atoms with Crippen molar-refractivity contribution < 1.29 is 18.0 Å². The fourth-order valence-corrected chi connectivity index (χ4v) is 4.82. The Kier molecular flexibility index (Phi) is 5.26. The number of hydrogen-bond acceptors (Lipinski definition) is 6. The average Bonchev–Trinajstić information content (AvgIpc) is 3.05. The summed E-state index contributed by atoms with van der Waals surface area (Å²) in [5, 5.41) is 2.80. The molecule has 4 aliphatic rings. The lowest BCUT2D eigenvalue weighted by Gasteiger charge is -2.35. The van der Waals surface area contributed by atoms with Crippen molar-refractivity contribution in [2.24, 2.45) is 5.92 Å². The highest BCUT2D eigenvalue weighted by Crippen LogP contribution is 2.40. The summed E-state index contributed by atoms with van der Waals surface area (Å²) in [4.78, 5) is 31.5. The van der Waals surface area contributed by atoms with E-state index in [0.717, 1.165) is 31.6 Å². The number of pyridine rings is 1. The predicted octanol–water partition coefficient (Wildman–Crippen LogP) is 3.67. The molecule has 32 heavy (non-hydrogen) atoms. The van der Waals surface area contributed by atoms with E-state index in [1.165, 1.54) is 6.33 Å². The van der Waals surface area contributed by atoms with Gasteiger partial charge in [0.1, 0.15) is 18.0 Å². The van der Waals surface area contributed by atoms with Crippen LogP contribution in [0.2, 0.25) is 0 Å². The third-order valence-corrected chi connectivity index (χ3v) is 6.48. The molecule has 1 N–H and O–H groups in total. The molecule has 11 heteroatoms. The Balaban J connectivity index is 1.47. The predicted molar refractivity (Wildman–Crippen MR) is 114 cm³/mol. The van der Waals surface area contributed by atoms with Gasteiger partial charge in [-0.1, -0.05) is 0 Å². The molecule has 2 aromatic rings. The van der Waals surface area contributed by atoms with Crippen molar-refractivity contribution in [2.75, 3.05) is 46.2 Å². The molecule has 2 amide bonds. The second-order valence-electron chi connectivity index (χ2n) is 8.45. The van der Waals surface area contributed by atoms with E-state index in [4.69, 9.17) is 4.98 Å². The zero-order valence-electron chi connectivity index (χ0n) is 17.4. The van der Waals surface area contributed by atoms with Gasteiger partial charge in [-0.3, -0.25) is 10.2 Å². The number of rotatable bonds is 2. The van der Waals surface area contributed by atoms with Gasteiger partial charge in [-0.05, 0) is 43.9 Å². The van der Waals surface area contributed by atoms with Crippen LogP contribution in [0.3, 0.4) is 0 Å². The van der Waals surface area contributed by atoms with Crippen molar-refractivity contribution in [3.63, 3.8) is 0 Å². The van der Waals surface area contributed by atoms with E-state index >= 15 is 0 Å². The van der Waals surface area contributed by atoms with E-state index in [-0.39, 0.29) is 25.0 Å². The summed E-state index contributed by atoms with van der Waals surface area (Å²) in [6, 6.07) is 4.87. The molecule has 2 saturated heterocycles. The number of anilines is 4. The number of carbonyl (C=O) groups is 1. The van der Waals surface area contributed by atoms with Crippen LogP contribution in [0.5, 0.6) is 0 Å². The maximum Gasteiger partial charge on any atom is 0.393 e. The third-order valence-electron chi connectivity index (χ3n) is 6.48. The average molecular weight is 447 g/mol. The van der Waals surface area contributed by atoms with Gasteiger partial charge in [0.25, 0.3) is 0 Å². The first kappa shape index (κ1) is 20.8. The molecule has 2 fully saturated rings. The molecule has 2 aromatic heterocycles. The molecule has 0 aromatic carbocycles. The number of piperidine rings is 2. The molecular weight excluding hydrogens is 423 g/mol. The van der Waals surface area contributed by atoms with Gasteiger partial charge in [-0.2, -0.15) is 13.2 Å². The van der Waals surface area contributed by atoms with E-state index in [1.54, 1.807) is 28.1 Å². The largest absolute Gasteiger partial charge is 0.393 e. The number of amides is 2. The lowest BCUT2D eigenvalue weighted by atomic mass is 9.97. The molecule has 0 radical (unpaired) electrons. The van der Waals surface area contributed by atoms with Gasteiger partial charge in [0.2, 0.25) is 0 Å². The number of carbonyl (C=O) groups excluding carboxylic acids is 1. The summed E-state index contributed by atoms with van der Waals surface area (Å²) in [6.45, 7) is 2.00. The Morgan fingerprint density at radius 3 is 2.59 bits per heavy atom. The molecule has 0 aliphatic carbocycles. The van der Waals surface area contributed by atoms with E-state index in [0.29, 0.717) is 30.4 Å². The molecule has 4 aliphatic heterocycles. The first-order valence-corrected chi connectivity index (χ1v) is 10.8.